The third kappa shape index (κ3) is 3.40. The first kappa shape index (κ1) is 14.6. The van der Waals surface area contributed by atoms with E-state index in [2.05, 4.69) is 60.1 Å². The number of hydrogen-bond donors (Lipinski definition) is 0. The van der Waals surface area contributed by atoms with Gasteiger partial charge in [0.15, 0.2) is 0 Å². The molecule has 0 bridgehead atoms. The molecule has 2 rings (SSSR count). The van der Waals surface area contributed by atoms with Gasteiger partial charge in [0.2, 0.25) is 0 Å². The second kappa shape index (κ2) is 6.58. The van der Waals surface area contributed by atoms with E-state index >= 15 is 0 Å². The van der Waals surface area contributed by atoms with Gasteiger partial charge in [0.05, 0.1) is 4.83 Å². The van der Waals surface area contributed by atoms with Gasteiger partial charge in [-0.1, -0.05) is 83.8 Å². The summed E-state index contributed by atoms with van der Waals surface area (Å²) in [6, 6.07) is 16.8. The van der Waals surface area contributed by atoms with Crippen molar-refractivity contribution in [2.75, 3.05) is 0 Å². The molecule has 2 heteroatoms. The van der Waals surface area contributed by atoms with Gasteiger partial charge >= 0.3 is 0 Å². The van der Waals surface area contributed by atoms with E-state index in [0.29, 0.717) is 5.92 Å². The van der Waals surface area contributed by atoms with Crippen LogP contribution in [0, 0.1) is 0 Å². The normalized spacial score (nSPS) is 14.1. The molecule has 2 atom stereocenters. The number of halogens is 2. The van der Waals surface area contributed by atoms with Crippen molar-refractivity contribution in [3.05, 3.63) is 70.2 Å². The highest BCUT2D eigenvalue weighted by Gasteiger charge is 2.13. The lowest BCUT2D eigenvalue weighted by molar-refractivity contribution is 0.733. The Morgan fingerprint density at radius 1 is 1.00 bits per heavy atom. The van der Waals surface area contributed by atoms with Gasteiger partial charge in [-0.15, -0.1) is 0 Å². The summed E-state index contributed by atoms with van der Waals surface area (Å²) in [6.45, 7) is 4.48. The Morgan fingerprint density at radius 3 is 2.16 bits per heavy atom. The fraction of sp³-hybridized carbons (Fsp3) is 0.294. The van der Waals surface area contributed by atoms with Crippen molar-refractivity contribution in [1.29, 1.82) is 0 Å². The fourth-order valence-corrected chi connectivity index (χ4v) is 3.17. The summed E-state index contributed by atoms with van der Waals surface area (Å²) in [5.41, 5.74) is 3.74. The molecule has 0 aromatic heterocycles. The molecule has 0 aliphatic rings. The Bertz CT molecular complexity index is 533. The zero-order valence-electron chi connectivity index (χ0n) is 11.2. The molecule has 19 heavy (non-hydrogen) atoms. The molecule has 0 aliphatic carbocycles. The molecule has 0 fully saturated rings. The van der Waals surface area contributed by atoms with Gasteiger partial charge in [0.1, 0.15) is 0 Å². The lowest BCUT2D eigenvalue weighted by Crippen LogP contribution is -1.96. The largest absolute Gasteiger partial charge is 0.0840 e. The molecule has 0 spiro atoms. The summed E-state index contributed by atoms with van der Waals surface area (Å²) in [7, 11) is 0. The van der Waals surface area contributed by atoms with E-state index in [9.17, 15) is 0 Å². The highest BCUT2D eigenvalue weighted by Crippen LogP contribution is 2.35. The number of rotatable bonds is 4. The molecule has 0 amide bonds. The van der Waals surface area contributed by atoms with E-state index < -0.39 is 0 Å². The van der Waals surface area contributed by atoms with Gasteiger partial charge in [0, 0.05) is 5.02 Å². The van der Waals surface area contributed by atoms with E-state index in [0.717, 1.165) is 10.6 Å². The number of hydrogen-bond acceptors (Lipinski definition) is 0. The lowest BCUT2D eigenvalue weighted by Gasteiger charge is -2.14. The van der Waals surface area contributed by atoms with Gasteiger partial charge in [-0.3, -0.25) is 0 Å². The molecule has 0 aliphatic heterocycles. The molecule has 0 saturated heterocycles. The maximum Gasteiger partial charge on any atom is 0.0659 e. The van der Waals surface area contributed by atoms with Crippen molar-refractivity contribution < 1.29 is 0 Å². The Hall–Kier alpha value is -0.790. The van der Waals surface area contributed by atoms with E-state index in [1.807, 2.05) is 18.2 Å². The van der Waals surface area contributed by atoms with Gasteiger partial charge in [-0.2, -0.15) is 0 Å². The minimum atomic E-state index is 0.146. The Kier molecular flexibility index (Phi) is 5.06. The summed E-state index contributed by atoms with van der Waals surface area (Å²) < 4.78 is 0. The molecule has 0 radical (unpaired) electrons. The third-order valence-corrected chi connectivity index (χ3v) is 4.95. The minimum absolute atomic E-state index is 0.146. The summed E-state index contributed by atoms with van der Waals surface area (Å²) in [4.78, 5) is 0.146. The maximum atomic E-state index is 6.24. The van der Waals surface area contributed by atoms with Crippen molar-refractivity contribution in [3.8, 4) is 0 Å². The van der Waals surface area contributed by atoms with Crippen molar-refractivity contribution in [2.45, 2.75) is 31.0 Å². The van der Waals surface area contributed by atoms with Crippen LogP contribution in [0.4, 0.5) is 0 Å². The minimum Gasteiger partial charge on any atom is -0.0840 e. The van der Waals surface area contributed by atoms with Crippen LogP contribution >= 0.6 is 27.5 Å². The zero-order chi connectivity index (χ0) is 13.8. The predicted molar refractivity (Wildman–Crippen MR) is 87.4 cm³/mol. The van der Waals surface area contributed by atoms with Crippen LogP contribution in [0.2, 0.25) is 5.02 Å². The summed E-state index contributed by atoms with van der Waals surface area (Å²) >= 11 is 9.98. The second-order valence-electron chi connectivity index (χ2n) is 4.86. The van der Waals surface area contributed by atoms with Crippen LogP contribution in [0.1, 0.15) is 47.7 Å². The number of benzene rings is 2. The molecular formula is C17H18BrCl. The lowest BCUT2D eigenvalue weighted by atomic mass is 9.96. The Balaban J connectivity index is 2.25. The smallest absolute Gasteiger partial charge is 0.0659 e. The first-order chi connectivity index (χ1) is 9.13. The van der Waals surface area contributed by atoms with Gasteiger partial charge in [-0.05, 0) is 35.1 Å². The average Bonchev–Trinajstić information content (AvgIpc) is 2.46. The van der Waals surface area contributed by atoms with Crippen molar-refractivity contribution >= 4 is 27.5 Å². The molecule has 100 valence electrons. The molecule has 0 N–H and O–H groups in total. The monoisotopic (exact) mass is 336 g/mol. The topological polar surface area (TPSA) is 0 Å². The van der Waals surface area contributed by atoms with Crippen LogP contribution in [0.5, 0.6) is 0 Å². The standard InChI is InChI=1S/C17H18BrCl/c1-3-12(2)13-8-10-14(11-9-13)17(18)15-6-4-5-7-16(15)19/h4-12,17H,3H2,1-2H3. The van der Waals surface area contributed by atoms with Crippen LogP contribution in [-0.2, 0) is 0 Å². The van der Waals surface area contributed by atoms with Crippen molar-refractivity contribution in [3.63, 3.8) is 0 Å². The molecule has 0 saturated carbocycles. The summed E-state index contributed by atoms with van der Waals surface area (Å²) in [5, 5.41) is 0.801. The Labute approximate surface area is 128 Å². The van der Waals surface area contributed by atoms with Gasteiger partial charge in [0.25, 0.3) is 0 Å². The van der Waals surface area contributed by atoms with Crippen LogP contribution in [0.3, 0.4) is 0 Å². The highest BCUT2D eigenvalue weighted by atomic mass is 79.9. The first-order valence-corrected chi connectivity index (χ1v) is 7.91. The molecule has 2 aromatic rings. The molecule has 0 nitrogen and oxygen atoms in total. The molecule has 0 heterocycles. The second-order valence-corrected chi connectivity index (χ2v) is 6.18. The Morgan fingerprint density at radius 2 is 1.58 bits per heavy atom. The van der Waals surface area contributed by atoms with E-state index in [1.54, 1.807) is 0 Å². The van der Waals surface area contributed by atoms with Crippen LogP contribution in [0.25, 0.3) is 0 Å². The summed E-state index contributed by atoms with van der Waals surface area (Å²) in [5.74, 6) is 0.614. The maximum absolute atomic E-state index is 6.24. The van der Waals surface area contributed by atoms with E-state index in [-0.39, 0.29) is 4.83 Å². The SMILES string of the molecule is CCC(C)c1ccc(C(Br)c2ccccc2Cl)cc1. The molecule has 2 aromatic carbocycles. The molecular weight excluding hydrogens is 320 g/mol. The third-order valence-electron chi connectivity index (χ3n) is 3.59. The van der Waals surface area contributed by atoms with Crippen LogP contribution in [0.15, 0.2) is 48.5 Å². The zero-order valence-corrected chi connectivity index (χ0v) is 13.6. The molecule has 2 unspecified atom stereocenters. The van der Waals surface area contributed by atoms with Gasteiger partial charge in [-0.25, -0.2) is 0 Å². The number of alkyl halides is 1. The first-order valence-electron chi connectivity index (χ1n) is 6.61. The van der Waals surface area contributed by atoms with Gasteiger partial charge < -0.3 is 0 Å². The fourth-order valence-electron chi connectivity index (χ4n) is 2.09. The van der Waals surface area contributed by atoms with Crippen molar-refractivity contribution in [1.82, 2.24) is 0 Å². The predicted octanol–water partition coefficient (Wildman–Crippen LogP) is 6.34. The average molecular weight is 338 g/mol. The highest BCUT2D eigenvalue weighted by molar-refractivity contribution is 9.09. The van der Waals surface area contributed by atoms with Crippen LogP contribution < -0.4 is 0 Å². The van der Waals surface area contributed by atoms with Crippen LogP contribution in [-0.4, -0.2) is 0 Å². The van der Waals surface area contributed by atoms with Crippen molar-refractivity contribution in [2.24, 2.45) is 0 Å². The van der Waals surface area contributed by atoms with E-state index in [1.165, 1.54) is 17.5 Å². The van der Waals surface area contributed by atoms with E-state index in [4.69, 9.17) is 11.6 Å². The summed E-state index contributed by atoms with van der Waals surface area (Å²) in [6.07, 6.45) is 1.17. The quantitative estimate of drug-likeness (QED) is 0.571.